The Bertz CT molecular complexity index is 792. The molecule has 0 aliphatic heterocycles. The van der Waals surface area contributed by atoms with Crippen LogP contribution in [0.3, 0.4) is 0 Å². The highest BCUT2D eigenvalue weighted by Crippen LogP contribution is 2.33. The van der Waals surface area contributed by atoms with Gasteiger partial charge in [-0.1, -0.05) is 31.2 Å². The van der Waals surface area contributed by atoms with Crippen LogP contribution in [0.5, 0.6) is 0 Å². The first-order chi connectivity index (χ1) is 11.0. The van der Waals surface area contributed by atoms with Crippen molar-refractivity contribution >= 4 is 30.7 Å². The maximum Gasteiger partial charge on any atom is 0.143 e. The topological polar surface area (TPSA) is 55.7 Å². The van der Waals surface area contributed by atoms with Gasteiger partial charge < -0.3 is 9.30 Å². The van der Waals surface area contributed by atoms with Gasteiger partial charge in [0.15, 0.2) is 0 Å². The Kier molecular flexibility index (Phi) is 4.56. The van der Waals surface area contributed by atoms with Crippen LogP contribution in [0, 0.1) is 0 Å². The second kappa shape index (κ2) is 6.47. The van der Waals surface area contributed by atoms with E-state index < -0.39 is 8.07 Å². The smallest absolute Gasteiger partial charge is 0.143 e. The van der Waals surface area contributed by atoms with Crippen molar-refractivity contribution in [2.24, 2.45) is 0 Å². The van der Waals surface area contributed by atoms with Gasteiger partial charge in [-0.05, 0) is 18.2 Å². The van der Waals surface area contributed by atoms with Gasteiger partial charge in [0, 0.05) is 44.2 Å². The number of aromatic nitrogens is 4. The van der Waals surface area contributed by atoms with E-state index >= 15 is 0 Å². The molecule has 1 N–H and O–H groups in total. The van der Waals surface area contributed by atoms with Gasteiger partial charge in [0.25, 0.3) is 0 Å². The number of hydrogen-bond donors (Lipinski definition) is 1. The lowest BCUT2D eigenvalue weighted by Gasteiger charge is -2.15. The van der Waals surface area contributed by atoms with Gasteiger partial charge in [0.05, 0.1) is 10.7 Å². The van der Waals surface area contributed by atoms with E-state index in [9.17, 15) is 0 Å². The number of nitrogens with zero attached hydrogens (tertiary/aromatic N) is 3. The highest BCUT2D eigenvalue weighted by Gasteiger charge is 2.16. The van der Waals surface area contributed by atoms with Crippen LogP contribution < -0.4 is 0 Å². The number of nitrogens with one attached hydrogen (secondary N) is 1. The Balaban J connectivity index is 1.88. The average molecular weight is 349 g/mol. The molecule has 0 saturated carbocycles. The van der Waals surface area contributed by atoms with E-state index in [1.807, 2.05) is 16.8 Å². The Morgan fingerprint density at radius 1 is 1.30 bits per heavy atom. The summed E-state index contributed by atoms with van der Waals surface area (Å²) in [6.45, 7) is 8.28. The van der Waals surface area contributed by atoms with Crippen LogP contribution in [0.1, 0.15) is 0 Å². The number of pyridine rings is 1. The van der Waals surface area contributed by atoms with Crippen LogP contribution >= 0.6 is 11.6 Å². The number of hydrogen-bond acceptors (Lipinski definition) is 3. The molecule has 23 heavy (non-hydrogen) atoms. The van der Waals surface area contributed by atoms with E-state index in [-0.39, 0.29) is 0 Å². The third-order valence-corrected chi connectivity index (χ3v) is 5.73. The van der Waals surface area contributed by atoms with Crippen molar-refractivity contribution in [1.29, 1.82) is 0 Å². The number of aromatic amines is 1. The molecule has 0 atom stereocenters. The molecule has 0 saturated heterocycles. The predicted octanol–water partition coefficient (Wildman–Crippen LogP) is 4.39. The van der Waals surface area contributed by atoms with E-state index in [4.69, 9.17) is 16.3 Å². The third kappa shape index (κ3) is 3.65. The molecule has 122 valence electrons. The summed E-state index contributed by atoms with van der Waals surface area (Å²) in [5.74, 6) is 0. The fourth-order valence-corrected chi connectivity index (χ4v) is 3.42. The molecular weight excluding hydrogens is 328 g/mol. The lowest BCUT2D eigenvalue weighted by atomic mass is 10.1. The van der Waals surface area contributed by atoms with Crippen molar-refractivity contribution in [2.45, 2.75) is 32.4 Å². The maximum absolute atomic E-state index is 6.39. The Morgan fingerprint density at radius 3 is 2.83 bits per heavy atom. The molecule has 0 unspecified atom stereocenters. The first kappa shape index (κ1) is 16.2. The first-order valence-electron chi connectivity index (χ1n) is 7.67. The molecule has 3 aromatic rings. The van der Waals surface area contributed by atoms with Crippen LogP contribution in [0.25, 0.3) is 22.3 Å². The summed E-state index contributed by atoms with van der Waals surface area (Å²) in [6, 6.07) is 4.87. The summed E-state index contributed by atoms with van der Waals surface area (Å²) in [4.78, 5) is 4.47. The standard InChI is InChI=1S/C16H21ClN4OSi/c1-23(2,3)9-8-22-11-21-10-12(14-5-7-19-20-14)15-13(17)4-6-18-16(15)21/h4-7,10H,8-9,11H2,1-3H3,(H,19,20). The molecule has 0 aliphatic rings. The SMILES string of the molecule is C[Si](C)(C)CCOCn1cc(-c2cc[nH]n2)c2c(Cl)ccnc21. The van der Waals surface area contributed by atoms with Crippen LogP contribution in [-0.2, 0) is 11.5 Å². The van der Waals surface area contributed by atoms with Crippen molar-refractivity contribution in [3.05, 3.63) is 35.7 Å². The third-order valence-electron chi connectivity index (χ3n) is 3.71. The zero-order valence-electron chi connectivity index (χ0n) is 13.6. The minimum Gasteiger partial charge on any atom is -0.361 e. The molecule has 0 amide bonds. The molecule has 0 aliphatic carbocycles. The minimum atomic E-state index is -1.08. The van der Waals surface area contributed by atoms with E-state index in [1.54, 1.807) is 18.5 Å². The lowest BCUT2D eigenvalue weighted by Crippen LogP contribution is -2.22. The fraction of sp³-hybridized carbons (Fsp3) is 0.375. The highest BCUT2D eigenvalue weighted by atomic mass is 35.5. The molecule has 0 radical (unpaired) electrons. The Morgan fingerprint density at radius 2 is 2.13 bits per heavy atom. The van der Waals surface area contributed by atoms with Gasteiger partial charge in [0.2, 0.25) is 0 Å². The van der Waals surface area contributed by atoms with Gasteiger partial charge in [0.1, 0.15) is 12.4 Å². The Hall–Kier alpha value is -1.63. The fourth-order valence-electron chi connectivity index (χ4n) is 2.42. The van der Waals surface area contributed by atoms with E-state index in [2.05, 4.69) is 34.8 Å². The van der Waals surface area contributed by atoms with Gasteiger partial charge in [-0.2, -0.15) is 5.10 Å². The molecule has 3 heterocycles. The van der Waals surface area contributed by atoms with Gasteiger partial charge in [-0.25, -0.2) is 4.98 Å². The molecule has 3 aromatic heterocycles. The average Bonchev–Trinajstić information content (AvgIpc) is 3.11. The zero-order chi connectivity index (χ0) is 16.4. The summed E-state index contributed by atoms with van der Waals surface area (Å²) < 4.78 is 7.86. The van der Waals surface area contributed by atoms with E-state index in [0.717, 1.165) is 34.9 Å². The second-order valence-electron chi connectivity index (χ2n) is 6.81. The molecule has 5 nitrogen and oxygen atoms in total. The Labute approximate surface area is 141 Å². The zero-order valence-corrected chi connectivity index (χ0v) is 15.4. The number of rotatable bonds is 6. The van der Waals surface area contributed by atoms with Crippen molar-refractivity contribution < 1.29 is 4.74 Å². The number of halogens is 1. The summed E-state index contributed by atoms with van der Waals surface area (Å²) in [6.07, 6.45) is 5.53. The molecular formula is C16H21ClN4OSi. The van der Waals surface area contributed by atoms with Crippen molar-refractivity contribution in [1.82, 2.24) is 19.7 Å². The molecule has 7 heteroatoms. The quantitative estimate of drug-likeness (QED) is 0.531. The van der Waals surface area contributed by atoms with E-state index in [1.165, 1.54) is 0 Å². The molecule has 0 aromatic carbocycles. The largest absolute Gasteiger partial charge is 0.361 e. The van der Waals surface area contributed by atoms with Crippen molar-refractivity contribution in [3.8, 4) is 11.3 Å². The predicted molar refractivity (Wildman–Crippen MR) is 96.4 cm³/mol. The molecule has 3 rings (SSSR count). The van der Waals surface area contributed by atoms with Crippen LogP contribution in [0.15, 0.2) is 30.7 Å². The summed E-state index contributed by atoms with van der Waals surface area (Å²) in [7, 11) is -1.08. The first-order valence-corrected chi connectivity index (χ1v) is 11.8. The van der Waals surface area contributed by atoms with Gasteiger partial charge in [-0.15, -0.1) is 0 Å². The van der Waals surface area contributed by atoms with Crippen molar-refractivity contribution in [2.75, 3.05) is 6.61 Å². The van der Waals surface area contributed by atoms with Crippen molar-refractivity contribution in [3.63, 3.8) is 0 Å². The molecule has 0 fully saturated rings. The van der Waals surface area contributed by atoms with Crippen LogP contribution in [0.4, 0.5) is 0 Å². The summed E-state index contributed by atoms with van der Waals surface area (Å²) in [5.41, 5.74) is 2.64. The summed E-state index contributed by atoms with van der Waals surface area (Å²) >= 11 is 6.39. The molecule has 0 bridgehead atoms. The number of fused-ring (bicyclic) bond motifs is 1. The van der Waals surface area contributed by atoms with Gasteiger partial charge >= 0.3 is 0 Å². The minimum absolute atomic E-state index is 0.471. The van der Waals surface area contributed by atoms with Crippen LogP contribution in [-0.4, -0.2) is 34.4 Å². The highest BCUT2D eigenvalue weighted by molar-refractivity contribution is 6.76. The maximum atomic E-state index is 6.39. The summed E-state index contributed by atoms with van der Waals surface area (Å²) in [5, 5.41) is 8.69. The normalized spacial score (nSPS) is 12.2. The molecule has 0 spiro atoms. The lowest BCUT2D eigenvalue weighted by molar-refractivity contribution is 0.0899. The van der Waals surface area contributed by atoms with E-state index in [0.29, 0.717) is 11.8 Å². The number of H-pyrrole nitrogens is 1. The number of ether oxygens (including phenoxy) is 1. The van der Waals surface area contributed by atoms with Crippen LogP contribution in [0.2, 0.25) is 30.7 Å². The second-order valence-corrected chi connectivity index (χ2v) is 12.8. The van der Waals surface area contributed by atoms with Gasteiger partial charge in [-0.3, -0.25) is 5.10 Å². The monoisotopic (exact) mass is 348 g/mol.